The highest BCUT2D eigenvalue weighted by molar-refractivity contribution is 6.35. The van der Waals surface area contributed by atoms with Gasteiger partial charge in [-0.05, 0) is 39.0 Å². The van der Waals surface area contributed by atoms with Gasteiger partial charge in [-0.3, -0.25) is 4.79 Å². The Morgan fingerprint density at radius 1 is 1.47 bits per heavy atom. The van der Waals surface area contributed by atoms with Crippen LogP contribution in [0.3, 0.4) is 0 Å². The van der Waals surface area contributed by atoms with E-state index in [1.807, 2.05) is 6.08 Å². The molecule has 2 bridgehead atoms. The fourth-order valence-electron chi connectivity index (χ4n) is 3.30. The summed E-state index contributed by atoms with van der Waals surface area (Å²) in [7, 11) is 1.22. The maximum Gasteiger partial charge on any atom is 0.374 e. The lowest BCUT2D eigenvalue weighted by Gasteiger charge is -2.44. The quantitative estimate of drug-likeness (QED) is 0.448. The summed E-state index contributed by atoms with van der Waals surface area (Å²) in [5, 5.41) is 10.2. The van der Waals surface area contributed by atoms with Crippen LogP contribution in [0.2, 0.25) is 0 Å². The average molecular weight is 238 g/mol. The number of ether oxygens (including phenoxy) is 1. The highest BCUT2D eigenvalue weighted by Crippen LogP contribution is 2.49. The highest BCUT2D eigenvalue weighted by atomic mass is 16.5. The predicted molar refractivity (Wildman–Crippen MR) is 61.2 cm³/mol. The number of Topliss-reactive ketones (excluding diaryl/α,β-unsaturated/α-hetero) is 1. The molecule has 4 heteroatoms. The summed E-state index contributed by atoms with van der Waals surface area (Å²) in [4.78, 5) is 23.6. The third-order valence-electron chi connectivity index (χ3n) is 3.78. The molecule has 17 heavy (non-hydrogen) atoms. The molecule has 2 rings (SSSR count). The van der Waals surface area contributed by atoms with Crippen molar-refractivity contribution in [3.63, 3.8) is 0 Å². The maximum absolute atomic E-state index is 12.1. The Kier molecular flexibility index (Phi) is 2.86. The van der Waals surface area contributed by atoms with Crippen molar-refractivity contribution in [2.24, 2.45) is 5.41 Å². The zero-order valence-corrected chi connectivity index (χ0v) is 10.3. The topological polar surface area (TPSA) is 63.6 Å². The van der Waals surface area contributed by atoms with Gasteiger partial charge in [-0.15, -0.1) is 0 Å². The molecule has 0 saturated heterocycles. The molecule has 0 heterocycles. The molecule has 0 spiro atoms. The average Bonchev–Trinajstić information content (AvgIpc) is 2.24. The standard InChI is InChI=1S/C13H18O4/c1-12(16)6-9-4-3-5-13(7-9,8-12)10(14)11(15)17-2/h6,16H,3-5,7-8H2,1-2H3. The third-order valence-corrected chi connectivity index (χ3v) is 3.78. The Hall–Kier alpha value is -1.16. The van der Waals surface area contributed by atoms with Gasteiger partial charge in [0.1, 0.15) is 0 Å². The van der Waals surface area contributed by atoms with Crippen molar-refractivity contribution in [3.05, 3.63) is 11.6 Å². The van der Waals surface area contributed by atoms with Crippen LogP contribution in [0.4, 0.5) is 0 Å². The van der Waals surface area contributed by atoms with E-state index in [0.29, 0.717) is 19.3 Å². The van der Waals surface area contributed by atoms with E-state index in [1.54, 1.807) is 6.92 Å². The van der Waals surface area contributed by atoms with Crippen molar-refractivity contribution in [2.75, 3.05) is 7.11 Å². The van der Waals surface area contributed by atoms with E-state index in [1.165, 1.54) is 7.11 Å². The number of hydrogen-bond acceptors (Lipinski definition) is 4. The number of ketones is 1. The van der Waals surface area contributed by atoms with Crippen LogP contribution in [0.1, 0.15) is 39.0 Å². The molecular formula is C13H18O4. The van der Waals surface area contributed by atoms with Gasteiger partial charge in [0.15, 0.2) is 0 Å². The Labute approximate surface area is 101 Å². The zero-order valence-electron chi connectivity index (χ0n) is 10.3. The molecule has 1 saturated carbocycles. The molecule has 1 N–H and O–H groups in total. The Morgan fingerprint density at radius 3 is 2.82 bits per heavy atom. The van der Waals surface area contributed by atoms with Gasteiger partial charge >= 0.3 is 5.97 Å². The van der Waals surface area contributed by atoms with E-state index in [-0.39, 0.29) is 0 Å². The highest BCUT2D eigenvalue weighted by Gasteiger charge is 2.50. The maximum atomic E-state index is 12.1. The van der Waals surface area contributed by atoms with Gasteiger partial charge in [-0.25, -0.2) is 4.79 Å². The molecule has 0 aromatic heterocycles. The number of carbonyl (C=O) groups excluding carboxylic acids is 2. The van der Waals surface area contributed by atoms with Crippen LogP contribution in [0, 0.1) is 5.41 Å². The molecule has 2 atom stereocenters. The summed E-state index contributed by atoms with van der Waals surface area (Å²) in [6, 6.07) is 0. The molecule has 94 valence electrons. The molecule has 0 aromatic carbocycles. The van der Waals surface area contributed by atoms with Crippen LogP contribution >= 0.6 is 0 Å². The van der Waals surface area contributed by atoms with E-state index in [4.69, 9.17) is 0 Å². The molecule has 4 nitrogen and oxygen atoms in total. The number of methoxy groups -OCH3 is 1. The van der Waals surface area contributed by atoms with E-state index >= 15 is 0 Å². The third kappa shape index (κ3) is 2.14. The van der Waals surface area contributed by atoms with Gasteiger partial charge in [0.2, 0.25) is 5.78 Å². The summed E-state index contributed by atoms with van der Waals surface area (Å²) in [5.41, 5.74) is -0.638. The molecule has 1 fully saturated rings. The van der Waals surface area contributed by atoms with E-state index < -0.39 is 22.8 Å². The summed E-state index contributed by atoms with van der Waals surface area (Å²) < 4.78 is 4.53. The largest absolute Gasteiger partial charge is 0.463 e. The number of hydrogen-bond donors (Lipinski definition) is 1. The van der Waals surface area contributed by atoms with Crippen LogP contribution in [0.15, 0.2) is 11.6 Å². The van der Waals surface area contributed by atoms with Crippen molar-refractivity contribution < 1.29 is 19.4 Å². The van der Waals surface area contributed by atoms with Crippen LogP contribution in [0.25, 0.3) is 0 Å². The smallest absolute Gasteiger partial charge is 0.374 e. The van der Waals surface area contributed by atoms with Gasteiger partial charge in [-0.2, -0.15) is 0 Å². The fourth-order valence-corrected chi connectivity index (χ4v) is 3.30. The molecule has 0 aromatic rings. The SMILES string of the molecule is COC(=O)C(=O)C12CCCC(=CC(C)(O)C1)C2. The van der Waals surface area contributed by atoms with Crippen molar-refractivity contribution >= 4 is 11.8 Å². The first-order valence-electron chi connectivity index (χ1n) is 5.94. The first-order chi connectivity index (χ1) is 7.88. The zero-order chi connectivity index (χ0) is 12.7. The number of allylic oxidation sites excluding steroid dienone is 1. The second-order valence-electron chi connectivity index (χ2n) is 5.47. The number of fused-ring (bicyclic) bond motifs is 2. The van der Waals surface area contributed by atoms with Crippen LogP contribution < -0.4 is 0 Å². The normalized spacial score (nSPS) is 36.1. The van der Waals surface area contributed by atoms with Crippen LogP contribution in [0.5, 0.6) is 0 Å². The minimum atomic E-state index is -0.988. The number of esters is 1. The molecule has 2 unspecified atom stereocenters. The Balaban J connectivity index is 2.34. The number of aliphatic hydroxyl groups is 1. The van der Waals surface area contributed by atoms with E-state index in [0.717, 1.165) is 18.4 Å². The lowest BCUT2D eigenvalue weighted by molar-refractivity contribution is -0.159. The van der Waals surface area contributed by atoms with Gasteiger partial charge in [0.25, 0.3) is 0 Å². The number of carbonyl (C=O) groups is 2. The summed E-state index contributed by atoms with van der Waals surface area (Å²) >= 11 is 0. The summed E-state index contributed by atoms with van der Waals surface area (Å²) in [6.45, 7) is 1.69. The van der Waals surface area contributed by atoms with Gasteiger partial charge in [0, 0.05) is 5.41 Å². The predicted octanol–water partition coefficient (Wildman–Crippen LogP) is 1.37. The van der Waals surface area contributed by atoms with Gasteiger partial charge < -0.3 is 9.84 Å². The van der Waals surface area contributed by atoms with E-state index in [2.05, 4.69) is 4.74 Å². The van der Waals surface area contributed by atoms with Crippen molar-refractivity contribution in [3.8, 4) is 0 Å². The van der Waals surface area contributed by atoms with Gasteiger partial charge in [-0.1, -0.05) is 11.6 Å². The second kappa shape index (κ2) is 3.95. The fraction of sp³-hybridized carbons (Fsp3) is 0.692. The minimum absolute atomic E-state index is 0.317. The first-order valence-corrected chi connectivity index (χ1v) is 5.94. The molecular weight excluding hydrogens is 220 g/mol. The molecule has 2 aliphatic carbocycles. The van der Waals surface area contributed by atoms with Crippen molar-refractivity contribution in [1.82, 2.24) is 0 Å². The molecule has 0 radical (unpaired) electrons. The van der Waals surface area contributed by atoms with E-state index in [9.17, 15) is 14.7 Å². The van der Waals surface area contributed by atoms with Crippen molar-refractivity contribution in [1.29, 1.82) is 0 Å². The minimum Gasteiger partial charge on any atom is -0.463 e. The van der Waals surface area contributed by atoms with Crippen LogP contribution in [-0.2, 0) is 14.3 Å². The number of rotatable bonds is 2. The van der Waals surface area contributed by atoms with Crippen LogP contribution in [-0.4, -0.2) is 29.6 Å². The van der Waals surface area contributed by atoms with Gasteiger partial charge in [0.05, 0.1) is 12.7 Å². The molecule has 0 aliphatic heterocycles. The van der Waals surface area contributed by atoms with Crippen molar-refractivity contribution in [2.45, 2.75) is 44.6 Å². The molecule has 0 amide bonds. The first kappa shape index (κ1) is 12.3. The molecule has 2 aliphatic rings. The Morgan fingerprint density at radius 2 is 2.18 bits per heavy atom. The monoisotopic (exact) mass is 238 g/mol. The second-order valence-corrected chi connectivity index (χ2v) is 5.47. The Bertz CT molecular complexity index is 394. The lowest BCUT2D eigenvalue weighted by Crippen LogP contribution is -2.47. The lowest BCUT2D eigenvalue weighted by atomic mass is 9.60. The summed E-state index contributed by atoms with van der Waals surface area (Å²) in [6.07, 6.45) is 5.22. The summed E-state index contributed by atoms with van der Waals surface area (Å²) in [5.74, 6) is -1.27.